The van der Waals surface area contributed by atoms with Crippen LogP contribution in [0.4, 0.5) is 4.39 Å². The molecule has 152 valence electrons. The topological polar surface area (TPSA) is 109 Å². The van der Waals surface area contributed by atoms with Gasteiger partial charge in [0.1, 0.15) is 11.6 Å². The van der Waals surface area contributed by atoms with Crippen LogP contribution < -0.4 is 5.48 Å². The Morgan fingerprint density at radius 1 is 1.17 bits per heavy atom. The van der Waals surface area contributed by atoms with Crippen molar-refractivity contribution in [1.82, 2.24) is 20.5 Å². The molecule has 0 bridgehead atoms. The SMILES string of the molecule is O=C(NO)c1noc2c1CN(C(=O)C(=Cc1ccncc1)c1ccc(F)cc1)CC2. The van der Waals surface area contributed by atoms with Gasteiger partial charge in [-0.1, -0.05) is 17.3 Å². The highest BCUT2D eigenvalue weighted by molar-refractivity contribution is 6.24. The normalized spacial score (nSPS) is 13.7. The van der Waals surface area contributed by atoms with E-state index in [-0.39, 0.29) is 18.1 Å². The number of carbonyl (C=O) groups excluding carboxylic acids is 2. The van der Waals surface area contributed by atoms with Gasteiger partial charge in [-0.25, -0.2) is 9.87 Å². The predicted octanol–water partition coefficient (Wildman–Crippen LogP) is 2.45. The van der Waals surface area contributed by atoms with Gasteiger partial charge >= 0.3 is 0 Å². The van der Waals surface area contributed by atoms with Crippen molar-refractivity contribution in [3.8, 4) is 0 Å². The third-order valence-electron chi connectivity index (χ3n) is 4.83. The minimum atomic E-state index is -0.805. The number of aromatic nitrogens is 2. The van der Waals surface area contributed by atoms with Crippen LogP contribution in [0.2, 0.25) is 0 Å². The molecule has 1 aliphatic rings. The summed E-state index contributed by atoms with van der Waals surface area (Å²) in [4.78, 5) is 30.8. The highest BCUT2D eigenvalue weighted by atomic mass is 19.1. The van der Waals surface area contributed by atoms with E-state index in [1.807, 2.05) is 0 Å². The van der Waals surface area contributed by atoms with Crippen LogP contribution in [0.3, 0.4) is 0 Å². The van der Waals surface area contributed by atoms with Crippen molar-refractivity contribution in [2.24, 2.45) is 0 Å². The van der Waals surface area contributed by atoms with Crippen molar-refractivity contribution < 1.29 is 23.7 Å². The van der Waals surface area contributed by atoms with Crippen LogP contribution in [-0.2, 0) is 17.8 Å². The number of pyridine rings is 1. The van der Waals surface area contributed by atoms with E-state index in [1.54, 1.807) is 47.6 Å². The molecule has 0 aliphatic carbocycles. The maximum Gasteiger partial charge on any atom is 0.297 e. The number of hydrogen-bond acceptors (Lipinski definition) is 6. The van der Waals surface area contributed by atoms with Gasteiger partial charge in [0.15, 0.2) is 5.69 Å². The maximum absolute atomic E-state index is 13.4. The Morgan fingerprint density at radius 3 is 2.60 bits per heavy atom. The third kappa shape index (κ3) is 3.83. The van der Waals surface area contributed by atoms with Gasteiger partial charge in [0.25, 0.3) is 11.8 Å². The van der Waals surface area contributed by atoms with Crippen molar-refractivity contribution in [1.29, 1.82) is 0 Å². The molecule has 0 saturated carbocycles. The molecular formula is C21H17FN4O4. The van der Waals surface area contributed by atoms with Crippen LogP contribution >= 0.6 is 0 Å². The van der Waals surface area contributed by atoms with Gasteiger partial charge in [0, 0.05) is 36.5 Å². The lowest BCUT2D eigenvalue weighted by molar-refractivity contribution is -0.125. The minimum absolute atomic E-state index is 0.0635. The van der Waals surface area contributed by atoms with E-state index in [4.69, 9.17) is 9.73 Å². The summed E-state index contributed by atoms with van der Waals surface area (Å²) in [7, 11) is 0. The smallest absolute Gasteiger partial charge is 0.297 e. The van der Waals surface area contributed by atoms with Crippen LogP contribution in [-0.4, -0.2) is 38.6 Å². The number of nitrogens with one attached hydrogen (secondary N) is 1. The zero-order valence-corrected chi connectivity index (χ0v) is 15.7. The summed E-state index contributed by atoms with van der Waals surface area (Å²) in [6.45, 7) is 0.450. The summed E-state index contributed by atoms with van der Waals surface area (Å²) in [6, 6.07) is 9.19. The highest BCUT2D eigenvalue weighted by Gasteiger charge is 2.31. The fourth-order valence-electron chi connectivity index (χ4n) is 3.31. The molecule has 1 aliphatic heterocycles. The molecule has 0 unspecified atom stereocenters. The van der Waals surface area contributed by atoms with E-state index in [0.717, 1.165) is 5.56 Å². The Bertz CT molecular complexity index is 1110. The lowest BCUT2D eigenvalue weighted by Crippen LogP contribution is -2.37. The van der Waals surface area contributed by atoms with Crippen molar-refractivity contribution in [3.63, 3.8) is 0 Å². The number of fused-ring (bicyclic) bond motifs is 1. The summed E-state index contributed by atoms with van der Waals surface area (Å²) in [5.41, 5.74) is 3.61. The van der Waals surface area contributed by atoms with Gasteiger partial charge in [-0.2, -0.15) is 0 Å². The first kappa shape index (κ1) is 19.5. The molecule has 0 spiro atoms. The van der Waals surface area contributed by atoms with Gasteiger partial charge in [0.05, 0.1) is 6.54 Å². The van der Waals surface area contributed by atoms with Crippen molar-refractivity contribution >= 4 is 23.5 Å². The van der Waals surface area contributed by atoms with Crippen molar-refractivity contribution in [2.75, 3.05) is 6.54 Å². The number of benzene rings is 1. The predicted molar refractivity (Wildman–Crippen MR) is 103 cm³/mol. The second-order valence-electron chi connectivity index (χ2n) is 6.70. The highest BCUT2D eigenvalue weighted by Crippen LogP contribution is 2.27. The van der Waals surface area contributed by atoms with Gasteiger partial charge in [-0.3, -0.25) is 19.8 Å². The van der Waals surface area contributed by atoms with Crippen LogP contribution in [0.1, 0.15) is 32.9 Å². The zero-order chi connectivity index (χ0) is 21.1. The first-order chi connectivity index (χ1) is 14.6. The van der Waals surface area contributed by atoms with Crippen LogP contribution in [0.5, 0.6) is 0 Å². The van der Waals surface area contributed by atoms with Crippen molar-refractivity contribution in [2.45, 2.75) is 13.0 Å². The molecule has 0 radical (unpaired) electrons. The first-order valence-corrected chi connectivity index (χ1v) is 9.15. The van der Waals surface area contributed by atoms with Crippen LogP contribution in [0, 0.1) is 5.82 Å². The van der Waals surface area contributed by atoms with E-state index in [1.165, 1.54) is 17.6 Å². The molecule has 9 heteroatoms. The minimum Gasteiger partial charge on any atom is -0.360 e. The Hall–Kier alpha value is -3.85. The Morgan fingerprint density at radius 2 is 1.90 bits per heavy atom. The molecule has 3 heterocycles. The number of hydroxylamine groups is 1. The Balaban J connectivity index is 1.69. The molecule has 0 atom stereocenters. The maximum atomic E-state index is 13.4. The van der Waals surface area contributed by atoms with Crippen LogP contribution in [0.15, 0.2) is 53.3 Å². The molecule has 4 rings (SSSR count). The molecule has 0 saturated heterocycles. The summed E-state index contributed by atoms with van der Waals surface area (Å²) < 4.78 is 18.6. The second kappa shape index (κ2) is 8.26. The number of hydrogen-bond donors (Lipinski definition) is 2. The number of rotatable bonds is 4. The zero-order valence-electron chi connectivity index (χ0n) is 15.7. The Labute approximate surface area is 170 Å². The van der Waals surface area contributed by atoms with Gasteiger partial charge in [-0.15, -0.1) is 0 Å². The summed E-state index contributed by atoms with van der Waals surface area (Å²) in [5.74, 6) is -0.999. The summed E-state index contributed by atoms with van der Waals surface area (Å²) >= 11 is 0. The first-order valence-electron chi connectivity index (χ1n) is 9.15. The lowest BCUT2D eigenvalue weighted by Gasteiger charge is -2.27. The van der Waals surface area contributed by atoms with Gasteiger partial charge in [0.2, 0.25) is 0 Å². The molecule has 0 fully saturated rings. The fraction of sp³-hybridized carbons (Fsp3) is 0.143. The molecule has 2 amide bonds. The molecule has 30 heavy (non-hydrogen) atoms. The van der Waals surface area contributed by atoms with Crippen LogP contribution in [0.25, 0.3) is 11.6 Å². The Kier molecular flexibility index (Phi) is 5.36. The average molecular weight is 408 g/mol. The van der Waals surface area contributed by atoms with E-state index >= 15 is 0 Å². The second-order valence-corrected chi connectivity index (χ2v) is 6.70. The molecule has 2 N–H and O–H groups in total. The number of amides is 2. The summed E-state index contributed by atoms with van der Waals surface area (Å²) in [5, 5.41) is 12.6. The number of nitrogens with zero attached hydrogens (tertiary/aromatic N) is 3. The monoisotopic (exact) mass is 408 g/mol. The average Bonchev–Trinajstić information content (AvgIpc) is 3.21. The molecule has 8 nitrogen and oxygen atoms in total. The molecule has 2 aromatic heterocycles. The molecule has 1 aromatic carbocycles. The summed E-state index contributed by atoms with van der Waals surface area (Å²) in [6.07, 6.45) is 5.31. The van der Waals surface area contributed by atoms with Crippen molar-refractivity contribution in [3.05, 3.63) is 82.8 Å². The molecular weight excluding hydrogens is 391 g/mol. The van der Waals surface area contributed by atoms with E-state index < -0.39 is 11.7 Å². The largest absolute Gasteiger partial charge is 0.360 e. The van der Waals surface area contributed by atoms with E-state index in [0.29, 0.717) is 35.4 Å². The quantitative estimate of drug-likeness (QED) is 0.390. The molecule has 3 aromatic rings. The van der Waals surface area contributed by atoms with E-state index in [2.05, 4.69) is 10.1 Å². The lowest BCUT2D eigenvalue weighted by atomic mass is 9.99. The number of halogens is 1. The number of carbonyl (C=O) groups is 2. The van der Waals surface area contributed by atoms with E-state index in [9.17, 15) is 14.0 Å². The van der Waals surface area contributed by atoms with Gasteiger partial charge < -0.3 is 9.42 Å². The standard InChI is InChI=1S/C21H17FN4O4/c22-15-3-1-14(2-4-15)16(11-13-5-8-23-9-6-13)21(28)26-10-7-18-17(12-26)19(25-30-18)20(27)24-29/h1-6,8-9,11,29H,7,10,12H2,(H,24,27). The third-order valence-corrected chi connectivity index (χ3v) is 4.83. The van der Waals surface area contributed by atoms with Gasteiger partial charge in [-0.05, 0) is 41.5 Å². The fourth-order valence-corrected chi connectivity index (χ4v) is 3.31.